The summed E-state index contributed by atoms with van der Waals surface area (Å²) in [4.78, 5) is 24.0. The SMILES string of the molecule is C#CCC(Cc1ccccc1)(C(=O)OC)C(=O)OC. The summed E-state index contributed by atoms with van der Waals surface area (Å²) in [5.74, 6) is 0.999. The molecule has 0 heterocycles. The van der Waals surface area contributed by atoms with Crippen molar-refractivity contribution in [3.63, 3.8) is 0 Å². The fourth-order valence-electron chi connectivity index (χ4n) is 1.94. The average molecular weight is 260 g/mol. The summed E-state index contributed by atoms with van der Waals surface area (Å²) in [6.45, 7) is 0. The molecule has 0 aromatic heterocycles. The predicted molar refractivity (Wildman–Crippen MR) is 70.1 cm³/mol. The van der Waals surface area contributed by atoms with Crippen LogP contribution in [0, 0.1) is 17.8 Å². The second-order valence-corrected chi connectivity index (χ2v) is 4.11. The van der Waals surface area contributed by atoms with Gasteiger partial charge in [-0.15, -0.1) is 12.3 Å². The number of rotatable bonds is 5. The standard InChI is InChI=1S/C15H16O4/c1-4-10-15(13(16)18-2,14(17)19-3)11-12-8-6-5-7-9-12/h1,5-9H,10-11H2,2-3H3. The number of hydrogen-bond donors (Lipinski definition) is 0. The zero-order valence-electron chi connectivity index (χ0n) is 11.0. The number of ether oxygens (including phenoxy) is 2. The number of esters is 2. The highest BCUT2D eigenvalue weighted by atomic mass is 16.5. The third kappa shape index (κ3) is 3.14. The lowest BCUT2D eigenvalue weighted by atomic mass is 9.78. The quantitative estimate of drug-likeness (QED) is 0.458. The molecule has 0 atom stereocenters. The lowest BCUT2D eigenvalue weighted by molar-refractivity contribution is -0.168. The summed E-state index contributed by atoms with van der Waals surface area (Å²) in [5, 5.41) is 0. The van der Waals surface area contributed by atoms with E-state index in [9.17, 15) is 9.59 Å². The van der Waals surface area contributed by atoms with Gasteiger partial charge in [-0.1, -0.05) is 30.3 Å². The monoisotopic (exact) mass is 260 g/mol. The summed E-state index contributed by atoms with van der Waals surface area (Å²) in [7, 11) is 2.45. The van der Waals surface area contributed by atoms with Gasteiger partial charge in [-0.25, -0.2) is 0 Å². The van der Waals surface area contributed by atoms with Crippen LogP contribution in [0.3, 0.4) is 0 Å². The van der Waals surface area contributed by atoms with E-state index in [1.54, 1.807) is 0 Å². The molecule has 0 aliphatic heterocycles. The molecule has 0 aliphatic rings. The first-order chi connectivity index (χ1) is 9.10. The molecule has 1 aromatic rings. The smallest absolute Gasteiger partial charge is 0.324 e. The second-order valence-electron chi connectivity index (χ2n) is 4.11. The van der Waals surface area contributed by atoms with E-state index in [0.29, 0.717) is 0 Å². The van der Waals surface area contributed by atoms with Gasteiger partial charge >= 0.3 is 11.9 Å². The molecule has 1 rings (SSSR count). The molecule has 1 aromatic carbocycles. The zero-order valence-corrected chi connectivity index (χ0v) is 11.0. The number of carbonyl (C=O) groups excluding carboxylic acids is 2. The van der Waals surface area contributed by atoms with Crippen molar-refractivity contribution in [2.75, 3.05) is 14.2 Å². The van der Waals surface area contributed by atoms with E-state index in [1.165, 1.54) is 14.2 Å². The fourth-order valence-corrected chi connectivity index (χ4v) is 1.94. The van der Waals surface area contributed by atoms with Crippen LogP contribution in [0.1, 0.15) is 12.0 Å². The third-order valence-electron chi connectivity index (χ3n) is 2.90. The van der Waals surface area contributed by atoms with Gasteiger partial charge in [0, 0.05) is 12.8 Å². The summed E-state index contributed by atoms with van der Waals surface area (Å²) < 4.78 is 9.46. The first-order valence-corrected chi connectivity index (χ1v) is 5.75. The Morgan fingerprint density at radius 1 is 1.16 bits per heavy atom. The Kier molecular flexibility index (Phi) is 5.13. The first-order valence-electron chi connectivity index (χ1n) is 5.75. The lowest BCUT2D eigenvalue weighted by Gasteiger charge is -2.26. The molecule has 0 amide bonds. The summed E-state index contributed by atoms with van der Waals surface area (Å²) >= 11 is 0. The van der Waals surface area contributed by atoms with E-state index in [-0.39, 0.29) is 12.8 Å². The Morgan fingerprint density at radius 3 is 2.11 bits per heavy atom. The first kappa shape index (κ1) is 14.8. The van der Waals surface area contributed by atoms with Gasteiger partial charge in [-0.3, -0.25) is 9.59 Å². The topological polar surface area (TPSA) is 52.6 Å². The third-order valence-corrected chi connectivity index (χ3v) is 2.90. The van der Waals surface area contributed by atoms with Crippen LogP contribution in [0.25, 0.3) is 0 Å². The summed E-state index contributed by atoms with van der Waals surface area (Å²) in [6, 6.07) is 9.13. The highest BCUT2D eigenvalue weighted by molar-refractivity contribution is 6.00. The predicted octanol–water partition coefficient (Wildman–Crippen LogP) is 1.58. The molecule has 4 heteroatoms. The molecule has 0 saturated heterocycles. The molecule has 0 fully saturated rings. The maximum absolute atomic E-state index is 12.0. The zero-order chi connectivity index (χ0) is 14.3. The van der Waals surface area contributed by atoms with Crippen molar-refractivity contribution in [2.24, 2.45) is 5.41 Å². The van der Waals surface area contributed by atoms with E-state index in [1.807, 2.05) is 30.3 Å². The number of benzene rings is 1. The van der Waals surface area contributed by atoms with Crippen molar-refractivity contribution in [2.45, 2.75) is 12.8 Å². The largest absolute Gasteiger partial charge is 0.468 e. The molecular formula is C15H16O4. The Balaban J connectivity index is 3.20. The number of methoxy groups -OCH3 is 2. The molecule has 100 valence electrons. The Morgan fingerprint density at radius 2 is 1.68 bits per heavy atom. The normalized spacial score (nSPS) is 10.4. The van der Waals surface area contributed by atoms with Gasteiger partial charge in [-0.05, 0) is 5.56 Å². The van der Waals surface area contributed by atoms with Gasteiger partial charge in [0.15, 0.2) is 5.41 Å². The van der Waals surface area contributed by atoms with Gasteiger partial charge in [-0.2, -0.15) is 0 Å². The number of terminal acetylenes is 1. The molecule has 0 spiro atoms. The van der Waals surface area contributed by atoms with Gasteiger partial charge in [0.05, 0.1) is 14.2 Å². The van der Waals surface area contributed by atoms with E-state index < -0.39 is 17.4 Å². The van der Waals surface area contributed by atoms with Crippen LogP contribution in [0.15, 0.2) is 30.3 Å². The van der Waals surface area contributed by atoms with Crippen LogP contribution in [0.5, 0.6) is 0 Å². The van der Waals surface area contributed by atoms with Gasteiger partial charge in [0.25, 0.3) is 0 Å². The highest BCUT2D eigenvalue weighted by Crippen LogP contribution is 2.30. The molecule has 0 aliphatic carbocycles. The minimum absolute atomic E-state index is 0.0682. The van der Waals surface area contributed by atoms with Crippen LogP contribution in [-0.4, -0.2) is 26.2 Å². The van der Waals surface area contributed by atoms with Crippen molar-refractivity contribution in [3.8, 4) is 12.3 Å². The molecule has 0 radical (unpaired) electrons. The Bertz CT molecular complexity index is 469. The Hall–Kier alpha value is -2.28. The van der Waals surface area contributed by atoms with E-state index in [2.05, 4.69) is 5.92 Å². The van der Waals surface area contributed by atoms with Crippen molar-refractivity contribution < 1.29 is 19.1 Å². The molecule has 4 nitrogen and oxygen atoms in total. The maximum Gasteiger partial charge on any atom is 0.324 e. The van der Waals surface area contributed by atoms with E-state index in [0.717, 1.165) is 5.56 Å². The van der Waals surface area contributed by atoms with Crippen molar-refractivity contribution in [1.82, 2.24) is 0 Å². The summed E-state index contributed by atoms with van der Waals surface area (Å²) in [6.07, 6.45) is 5.37. The Labute approximate surface area is 112 Å². The molecule has 0 saturated carbocycles. The van der Waals surface area contributed by atoms with Gasteiger partial charge in [0.2, 0.25) is 0 Å². The second kappa shape index (κ2) is 6.60. The number of carbonyl (C=O) groups is 2. The molecular weight excluding hydrogens is 244 g/mol. The molecule has 0 N–H and O–H groups in total. The van der Waals surface area contributed by atoms with Gasteiger partial charge < -0.3 is 9.47 Å². The summed E-state index contributed by atoms with van der Waals surface area (Å²) in [5.41, 5.74) is -0.673. The fraction of sp³-hybridized carbons (Fsp3) is 0.333. The van der Waals surface area contributed by atoms with Crippen LogP contribution in [0.2, 0.25) is 0 Å². The lowest BCUT2D eigenvalue weighted by Crippen LogP contribution is -2.43. The van der Waals surface area contributed by atoms with Crippen LogP contribution in [-0.2, 0) is 25.5 Å². The van der Waals surface area contributed by atoms with Crippen LogP contribution in [0.4, 0.5) is 0 Å². The van der Waals surface area contributed by atoms with Crippen molar-refractivity contribution >= 4 is 11.9 Å². The van der Waals surface area contributed by atoms with Crippen molar-refractivity contribution in [1.29, 1.82) is 0 Å². The van der Waals surface area contributed by atoms with E-state index in [4.69, 9.17) is 15.9 Å². The van der Waals surface area contributed by atoms with Crippen LogP contribution < -0.4 is 0 Å². The van der Waals surface area contributed by atoms with Gasteiger partial charge in [0.1, 0.15) is 0 Å². The van der Waals surface area contributed by atoms with E-state index >= 15 is 0 Å². The minimum Gasteiger partial charge on any atom is -0.468 e. The van der Waals surface area contributed by atoms with Crippen molar-refractivity contribution in [3.05, 3.63) is 35.9 Å². The minimum atomic E-state index is -1.49. The molecule has 19 heavy (non-hydrogen) atoms. The highest BCUT2D eigenvalue weighted by Gasteiger charge is 2.47. The molecule has 0 unspecified atom stereocenters. The number of hydrogen-bond acceptors (Lipinski definition) is 4. The molecule has 0 bridgehead atoms. The van der Waals surface area contributed by atoms with Crippen LogP contribution >= 0.6 is 0 Å². The average Bonchev–Trinajstić information content (AvgIpc) is 2.46. The maximum atomic E-state index is 12.0.